The smallest absolute Gasteiger partial charge is 0.349 e. The molecular weight excluding hydrogens is 398 g/mol. The number of aromatic nitrogens is 2. The molecule has 0 spiro atoms. The van der Waals surface area contributed by atoms with Gasteiger partial charge in [-0.15, -0.1) is 4.68 Å². The monoisotopic (exact) mass is 415 g/mol. The minimum atomic E-state index is -0.593. The second kappa shape index (κ2) is 7.70. The fourth-order valence-corrected chi connectivity index (χ4v) is 2.78. The largest absolute Gasteiger partial charge is 0.490 e. The van der Waals surface area contributed by atoms with E-state index >= 15 is 0 Å². The molecule has 0 aliphatic carbocycles. The van der Waals surface area contributed by atoms with Crippen molar-refractivity contribution in [1.82, 2.24) is 9.66 Å². The second-order valence-electron chi connectivity index (χ2n) is 5.86. The zero-order valence-corrected chi connectivity index (χ0v) is 16.0. The van der Waals surface area contributed by atoms with E-state index in [1.165, 1.54) is 6.21 Å². The maximum atomic E-state index is 12.5. The zero-order chi connectivity index (χ0) is 18.7. The van der Waals surface area contributed by atoms with Gasteiger partial charge in [-0.25, -0.2) is 4.79 Å². The highest BCUT2D eigenvalue weighted by Gasteiger charge is 2.09. The molecule has 1 atom stereocenters. The summed E-state index contributed by atoms with van der Waals surface area (Å²) in [6, 6.07) is 12.3. The number of nitrogens with zero attached hydrogens (tertiary/aromatic N) is 2. The molecule has 0 aliphatic rings. The van der Waals surface area contributed by atoms with Crippen LogP contribution in [-0.4, -0.2) is 22.0 Å². The minimum Gasteiger partial charge on any atom is -0.490 e. The highest BCUT2D eigenvalue weighted by Crippen LogP contribution is 2.23. The van der Waals surface area contributed by atoms with Crippen LogP contribution in [0.4, 0.5) is 0 Å². The second-order valence-corrected chi connectivity index (χ2v) is 6.77. The van der Waals surface area contributed by atoms with Crippen molar-refractivity contribution >= 4 is 33.0 Å². The normalized spacial score (nSPS) is 12.6. The Balaban J connectivity index is 2.06. The zero-order valence-electron chi connectivity index (χ0n) is 14.4. The van der Waals surface area contributed by atoms with E-state index in [2.05, 4.69) is 26.0 Å². The topological polar surface area (TPSA) is 76.5 Å². The minimum absolute atomic E-state index is 0.0371. The number of halogens is 1. The fourth-order valence-electron chi connectivity index (χ4n) is 2.41. The average Bonchev–Trinajstić information content (AvgIpc) is 2.63. The van der Waals surface area contributed by atoms with Crippen molar-refractivity contribution < 1.29 is 4.74 Å². The molecule has 0 saturated carbocycles. The van der Waals surface area contributed by atoms with Crippen molar-refractivity contribution in [3.05, 3.63) is 73.3 Å². The van der Waals surface area contributed by atoms with Crippen LogP contribution in [0.15, 0.2) is 61.6 Å². The van der Waals surface area contributed by atoms with Crippen molar-refractivity contribution in [1.29, 1.82) is 0 Å². The maximum absolute atomic E-state index is 12.5. The predicted octanol–water partition coefficient (Wildman–Crippen LogP) is 3.51. The third kappa shape index (κ3) is 3.77. The molecule has 0 radical (unpaired) electrons. The van der Waals surface area contributed by atoms with E-state index in [1.807, 2.05) is 32.0 Å². The van der Waals surface area contributed by atoms with Crippen LogP contribution in [0, 0.1) is 0 Å². The highest BCUT2D eigenvalue weighted by molar-refractivity contribution is 9.10. The van der Waals surface area contributed by atoms with Crippen LogP contribution >= 0.6 is 15.9 Å². The first-order valence-corrected chi connectivity index (χ1v) is 9.03. The van der Waals surface area contributed by atoms with Crippen LogP contribution in [0.25, 0.3) is 10.9 Å². The summed E-state index contributed by atoms with van der Waals surface area (Å²) in [6.07, 6.45) is 2.35. The summed E-state index contributed by atoms with van der Waals surface area (Å²) in [5, 5.41) is 4.49. The van der Waals surface area contributed by atoms with Gasteiger partial charge in [0.25, 0.3) is 5.56 Å². The number of hydrogen-bond donors (Lipinski definition) is 1. The van der Waals surface area contributed by atoms with Gasteiger partial charge >= 0.3 is 5.69 Å². The Morgan fingerprint density at radius 3 is 2.81 bits per heavy atom. The number of benzene rings is 2. The van der Waals surface area contributed by atoms with E-state index < -0.39 is 11.2 Å². The lowest BCUT2D eigenvalue weighted by molar-refractivity contribution is 0.217. The van der Waals surface area contributed by atoms with E-state index in [9.17, 15) is 9.59 Å². The Morgan fingerprint density at radius 2 is 2.04 bits per heavy atom. The summed E-state index contributed by atoms with van der Waals surface area (Å²) in [4.78, 5) is 27.4. The molecule has 0 amide bonds. The number of nitrogens with one attached hydrogen (secondary N) is 1. The van der Waals surface area contributed by atoms with Crippen LogP contribution in [0.5, 0.6) is 5.75 Å². The van der Waals surface area contributed by atoms with Crippen LogP contribution in [0.2, 0.25) is 0 Å². The molecule has 1 aromatic heterocycles. The third-order valence-electron chi connectivity index (χ3n) is 3.97. The lowest BCUT2D eigenvalue weighted by atomic mass is 10.2. The number of para-hydroxylation sites is 1. The van der Waals surface area contributed by atoms with E-state index in [1.54, 1.807) is 24.3 Å². The molecule has 26 heavy (non-hydrogen) atoms. The number of H-pyrrole nitrogens is 1. The van der Waals surface area contributed by atoms with Gasteiger partial charge in [0.05, 0.1) is 23.2 Å². The van der Waals surface area contributed by atoms with Crippen molar-refractivity contribution in [2.75, 3.05) is 0 Å². The Labute approximate surface area is 158 Å². The molecule has 6 nitrogen and oxygen atoms in total. The van der Waals surface area contributed by atoms with Crippen molar-refractivity contribution in [2.45, 2.75) is 26.4 Å². The van der Waals surface area contributed by atoms with Gasteiger partial charge in [0.2, 0.25) is 0 Å². The molecule has 0 unspecified atom stereocenters. The fraction of sp³-hybridized carbons (Fsp3) is 0.211. The molecule has 3 rings (SSSR count). The van der Waals surface area contributed by atoms with E-state index in [0.29, 0.717) is 22.2 Å². The number of fused-ring (bicyclic) bond motifs is 1. The van der Waals surface area contributed by atoms with Crippen LogP contribution in [0.3, 0.4) is 0 Å². The molecule has 0 saturated heterocycles. The van der Waals surface area contributed by atoms with Crippen molar-refractivity contribution in [3.63, 3.8) is 0 Å². The van der Waals surface area contributed by atoms with Crippen molar-refractivity contribution in [3.8, 4) is 5.75 Å². The van der Waals surface area contributed by atoms with Crippen LogP contribution in [-0.2, 0) is 0 Å². The van der Waals surface area contributed by atoms with Gasteiger partial charge in [-0.3, -0.25) is 4.79 Å². The summed E-state index contributed by atoms with van der Waals surface area (Å²) in [7, 11) is 0. The average molecular weight is 416 g/mol. The van der Waals surface area contributed by atoms with E-state index in [-0.39, 0.29) is 6.10 Å². The third-order valence-corrected chi connectivity index (χ3v) is 4.46. The Kier molecular flexibility index (Phi) is 5.37. The highest BCUT2D eigenvalue weighted by atomic mass is 79.9. The van der Waals surface area contributed by atoms with Crippen LogP contribution < -0.4 is 16.0 Å². The Hall–Kier alpha value is -2.67. The molecule has 7 heteroatoms. The maximum Gasteiger partial charge on any atom is 0.349 e. The standard InChI is InChI=1S/C19H18BrN3O3/c1-3-12(2)26-17-9-8-14(20)10-13(17)11-21-23-18(24)15-6-4-5-7-16(15)22-19(23)25/h4-12H,3H2,1-2H3,(H,22,25)/t12-/m0/s1. The van der Waals surface area contributed by atoms with Gasteiger partial charge in [0.1, 0.15) is 5.75 Å². The molecule has 0 bridgehead atoms. The molecule has 2 aromatic carbocycles. The molecule has 3 aromatic rings. The van der Waals surface area contributed by atoms with E-state index in [4.69, 9.17) is 4.74 Å². The molecule has 134 valence electrons. The van der Waals surface area contributed by atoms with Gasteiger partial charge < -0.3 is 9.72 Å². The van der Waals surface area contributed by atoms with E-state index in [0.717, 1.165) is 15.6 Å². The van der Waals surface area contributed by atoms with Gasteiger partial charge in [-0.2, -0.15) is 5.10 Å². The Morgan fingerprint density at radius 1 is 1.27 bits per heavy atom. The Bertz CT molecular complexity index is 1090. The molecular formula is C19H18BrN3O3. The first-order chi connectivity index (χ1) is 12.5. The summed E-state index contributed by atoms with van der Waals surface area (Å²) in [5.41, 5.74) is 0.0839. The molecule has 1 heterocycles. The number of aromatic amines is 1. The quantitative estimate of drug-likeness (QED) is 0.647. The summed E-state index contributed by atoms with van der Waals surface area (Å²) >= 11 is 3.41. The van der Waals surface area contributed by atoms with Gasteiger partial charge in [-0.1, -0.05) is 35.0 Å². The lowest BCUT2D eigenvalue weighted by Gasteiger charge is -2.14. The number of hydrogen-bond acceptors (Lipinski definition) is 4. The molecule has 1 N–H and O–H groups in total. The van der Waals surface area contributed by atoms with Gasteiger partial charge in [-0.05, 0) is 43.7 Å². The predicted molar refractivity (Wildman–Crippen MR) is 106 cm³/mol. The van der Waals surface area contributed by atoms with Gasteiger partial charge in [0.15, 0.2) is 0 Å². The SMILES string of the molecule is CC[C@H](C)Oc1ccc(Br)cc1C=Nn1c(=O)[nH]c2ccccc2c1=O. The number of rotatable bonds is 5. The summed E-state index contributed by atoms with van der Waals surface area (Å²) < 4.78 is 7.54. The van der Waals surface area contributed by atoms with Crippen molar-refractivity contribution in [2.24, 2.45) is 5.10 Å². The first-order valence-electron chi connectivity index (χ1n) is 8.24. The molecule has 0 aliphatic heterocycles. The molecule has 0 fully saturated rings. The lowest BCUT2D eigenvalue weighted by Crippen LogP contribution is -2.32. The number of ether oxygens (including phenoxy) is 1. The first kappa shape index (κ1) is 18.1. The van der Waals surface area contributed by atoms with Gasteiger partial charge in [0, 0.05) is 10.0 Å². The summed E-state index contributed by atoms with van der Waals surface area (Å²) in [5.74, 6) is 0.636. The van der Waals surface area contributed by atoms with Crippen LogP contribution in [0.1, 0.15) is 25.8 Å². The summed E-state index contributed by atoms with van der Waals surface area (Å²) in [6.45, 7) is 4.01.